The highest BCUT2D eigenvalue weighted by atomic mass is 32.1. The number of rotatable bonds is 5. The zero-order valence-corrected chi connectivity index (χ0v) is 15.2. The molecule has 3 N–H and O–H groups in total. The van der Waals surface area contributed by atoms with Gasteiger partial charge in [0.25, 0.3) is 0 Å². The smallest absolute Gasteiger partial charge is 0.341 e. The highest BCUT2D eigenvalue weighted by molar-refractivity contribution is 7.19. The molecule has 9 nitrogen and oxygen atoms in total. The van der Waals surface area contributed by atoms with Gasteiger partial charge < -0.3 is 15.4 Å². The molecule has 1 aliphatic rings. The summed E-state index contributed by atoms with van der Waals surface area (Å²) in [5.41, 5.74) is 0.944. The SMILES string of the molecule is CCOC(=O)c1c(NC(=O)NC2CCNC2=O)sc(-n2cccn2)c1C. The average Bonchev–Trinajstić information content (AvgIpc) is 3.30. The molecule has 0 aromatic carbocycles. The third kappa shape index (κ3) is 3.54. The number of carbonyl (C=O) groups excluding carboxylic acids is 3. The maximum absolute atomic E-state index is 12.4. The molecule has 2 aromatic heterocycles. The lowest BCUT2D eigenvalue weighted by atomic mass is 10.2. The predicted molar refractivity (Wildman–Crippen MR) is 95.7 cm³/mol. The Morgan fingerprint density at radius 2 is 2.31 bits per heavy atom. The van der Waals surface area contributed by atoms with Crippen LogP contribution in [0, 0.1) is 6.92 Å². The van der Waals surface area contributed by atoms with E-state index in [0.717, 1.165) is 0 Å². The van der Waals surface area contributed by atoms with Crippen molar-refractivity contribution in [2.24, 2.45) is 0 Å². The number of nitrogens with one attached hydrogen (secondary N) is 3. The summed E-state index contributed by atoms with van der Waals surface area (Å²) in [5.74, 6) is -0.737. The number of carbonyl (C=O) groups is 3. The Balaban J connectivity index is 1.86. The first kappa shape index (κ1) is 17.9. The van der Waals surface area contributed by atoms with Crippen molar-refractivity contribution < 1.29 is 19.1 Å². The lowest BCUT2D eigenvalue weighted by Crippen LogP contribution is -2.42. The van der Waals surface area contributed by atoms with Gasteiger partial charge in [0, 0.05) is 24.5 Å². The van der Waals surface area contributed by atoms with Gasteiger partial charge in [-0.3, -0.25) is 10.1 Å². The fourth-order valence-electron chi connectivity index (χ4n) is 2.68. The zero-order chi connectivity index (χ0) is 18.7. The number of nitrogens with zero attached hydrogens (tertiary/aromatic N) is 2. The summed E-state index contributed by atoms with van der Waals surface area (Å²) >= 11 is 1.21. The summed E-state index contributed by atoms with van der Waals surface area (Å²) in [4.78, 5) is 36.2. The minimum absolute atomic E-state index is 0.217. The fourth-order valence-corrected chi connectivity index (χ4v) is 3.81. The molecule has 3 rings (SSSR count). The second-order valence-electron chi connectivity index (χ2n) is 5.64. The number of ether oxygens (including phenoxy) is 1. The van der Waals surface area contributed by atoms with E-state index in [1.54, 1.807) is 37.0 Å². The Morgan fingerprint density at radius 3 is 2.92 bits per heavy atom. The van der Waals surface area contributed by atoms with Crippen molar-refractivity contribution in [3.63, 3.8) is 0 Å². The van der Waals surface area contributed by atoms with Crippen molar-refractivity contribution in [2.45, 2.75) is 26.3 Å². The molecule has 1 fully saturated rings. The van der Waals surface area contributed by atoms with Crippen LogP contribution in [0.1, 0.15) is 29.3 Å². The first-order valence-corrected chi connectivity index (χ1v) is 8.98. The Labute approximate surface area is 153 Å². The summed E-state index contributed by atoms with van der Waals surface area (Å²) in [5, 5.41) is 13.2. The molecule has 0 aliphatic carbocycles. The van der Waals surface area contributed by atoms with Crippen LogP contribution in [0.3, 0.4) is 0 Å². The largest absolute Gasteiger partial charge is 0.462 e. The zero-order valence-electron chi connectivity index (χ0n) is 14.4. The Morgan fingerprint density at radius 1 is 1.50 bits per heavy atom. The van der Waals surface area contributed by atoms with Gasteiger partial charge in [0.2, 0.25) is 5.91 Å². The fraction of sp³-hybridized carbons (Fsp3) is 0.375. The number of thiophene rings is 1. The van der Waals surface area contributed by atoms with E-state index in [0.29, 0.717) is 28.5 Å². The van der Waals surface area contributed by atoms with E-state index in [9.17, 15) is 14.4 Å². The van der Waals surface area contributed by atoms with E-state index in [2.05, 4.69) is 21.0 Å². The van der Waals surface area contributed by atoms with Crippen LogP contribution in [0.5, 0.6) is 0 Å². The number of hydrogen-bond donors (Lipinski definition) is 3. The van der Waals surface area contributed by atoms with Crippen molar-refractivity contribution in [1.29, 1.82) is 0 Å². The summed E-state index contributed by atoms with van der Waals surface area (Å²) < 4.78 is 6.74. The van der Waals surface area contributed by atoms with E-state index in [1.165, 1.54) is 11.3 Å². The predicted octanol–water partition coefficient (Wildman–Crippen LogP) is 1.43. The molecule has 2 aromatic rings. The van der Waals surface area contributed by atoms with Gasteiger partial charge in [-0.2, -0.15) is 5.10 Å². The molecule has 0 saturated carbocycles. The number of urea groups is 1. The van der Waals surface area contributed by atoms with Crippen LogP contribution in [0.25, 0.3) is 5.00 Å². The summed E-state index contributed by atoms with van der Waals surface area (Å²) in [7, 11) is 0. The van der Waals surface area contributed by atoms with Crippen molar-refractivity contribution in [3.05, 3.63) is 29.6 Å². The van der Waals surface area contributed by atoms with Crippen LogP contribution < -0.4 is 16.0 Å². The van der Waals surface area contributed by atoms with Gasteiger partial charge in [-0.15, -0.1) is 0 Å². The maximum atomic E-state index is 12.4. The average molecular weight is 377 g/mol. The first-order chi connectivity index (χ1) is 12.5. The normalized spacial score (nSPS) is 16.2. The van der Waals surface area contributed by atoms with Gasteiger partial charge in [-0.05, 0) is 26.3 Å². The monoisotopic (exact) mass is 377 g/mol. The Hall–Kier alpha value is -2.88. The van der Waals surface area contributed by atoms with Crippen LogP contribution >= 0.6 is 11.3 Å². The van der Waals surface area contributed by atoms with Gasteiger partial charge in [0.15, 0.2) is 0 Å². The standard InChI is InChI=1S/C16H19N5O4S/c1-3-25-15(23)11-9(2)14(21-8-4-6-18-21)26-13(11)20-16(24)19-10-5-7-17-12(10)22/h4,6,8,10H,3,5,7H2,1-2H3,(H,17,22)(H2,19,20,24). The molecule has 26 heavy (non-hydrogen) atoms. The van der Waals surface area contributed by atoms with Crippen LogP contribution in [0.15, 0.2) is 18.5 Å². The minimum atomic E-state index is -0.576. The van der Waals surface area contributed by atoms with Crippen molar-refractivity contribution in [1.82, 2.24) is 20.4 Å². The number of anilines is 1. The van der Waals surface area contributed by atoms with Gasteiger partial charge in [0.05, 0.1) is 12.2 Å². The van der Waals surface area contributed by atoms with E-state index < -0.39 is 18.0 Å². The number of aromatic nitrogens is 2. The van der Waals surface area contributed by atoms with Crippen molar-refractivity contribution in [2.75, 3.05) is 18.5 Å². The third-order valence-corrected chi connectivity index (χ3v) is 5.09. The molecule has 1 saturated heterocycles. The van der Waals surface area contributed by atoms with E-state index in [1.807, 2.05) is 0 Å². The van der Waals surface area contributed by atoms with Gasteiger partial charge in [0.1, 0.15) is 16.0 Å². The third-order valence-electron chi connectivity index (χ3n) is 3.89. The summed E-state index contributed by atoms with van der Waals surface area (Å²) in [6.45, 7) is 4.23. The van der Waals surface area contributed by atoms with E-state index in [4.69, 9.17) is 4.74 Å². The highest BCUT2D eigenvalue weighted by Gasteiger charge is 2.28. The van der Waals surface area contributed by atoms with Gasteiger partial charge in [-0.25, -0.2) is 14.3 Å². The van der Waals surface area contributed by atoms with Crippen molar-refractivity contribution in [3.8, 4) is 5.00 Å². The first-order valence-electron chi connectivity index (χ1n) is 8.17. The number of amides is 3. The second kappa shape index (κ2) is 7.56. The molecule has 0 bridgehead atoms. The van der Waals surface area contributed by atoms with Gasteiger partial charge in [-0.1, -0.05) is 11.3 Å². The Bertz CT molecular complexity index is 830. The second-order valence-corrected chi connectivity index (χ2v) is 6.64. The topological polar surface area (TPSA) is 114 Å². The molecular formula is C16H19N5O4S. The maximum Gasteiger partial charge on any atom is 0.341 e. The molecule has 1 unspecified atom stereocenters. The molecular weight excluding hydrogens is 358 g/mol. The van der Waals surface area contributed by atoms with Gasteiger partial charge >= 0.3 is 12.0 Å². The lowest BCUT2D eigenvalue weighted by Gasteiger charge is -2.11. The molecule has 0 radical (unpaired) electrons. The number of esters is 1. The van der Waals surface area contributed by atoms with E-state index >= 15 is 0 Å². The highest BCUT2D eigenvalue weighted by Crippen LogP contribution is 2.36. The summed E-state index contributed by atoms with van der Waals surface area (Å²) in [6.07, 6.45) is 3.90. The number of hydrogen-bond acceptors (Lipinski definition) is 6. The van der Waals surface area contributed by atoms with E-state index in [-0.39, 0.29) is 18.1 Å². The van der Waals surface area contributed by atoms with Crippen LogP contribution in [0.4, 0.5) is 9.80 Å². The Kier molecular flexibility index (Phi) is 5.21. The van der Waals surface area contributed by atoms with Crippen LogP contribution in [0.2, 0.25) is 0 Å². The minimum Gasteiger partial charge on any atom is -0.462 e. The molecule has 1 atom stereocenters. The van der Waals surface area contributed by atoms with Crippen LogP contribution in [-0.2, 0) is 9.53 Å². The molecule has 3 amide bonds. The molecule has 138 valence electrons. The summed E-state index contributed by atoms with van der Waals surface area (Å²) in [6, 6.07) is 0.639. The molecule has 0 spiro atoms. The van der Waals surface area contributed by atoms with Crippen molar-refractivity contribution >= 4 is 34.2 Å². The lowest BCUT2D eigenvalue weighted by molar-refractivity contribution is -0.120. The molecule has 1 aliphatic heterocycles. The van der Waals surface area contributed by atoms with Crippen LogP contribution in [-0.4, -0.2) is 46.9 Å². The quantitative estimate of drug-likeness (QED) is 0.682. The molecule has 10 heteroatoms. The molecule has 3 heterocycles.